The van der Waals surface area contributed by atoms with E-state index in [2.05, 4.69) is 51.2 Å². The van der Waals surface area contributed by atoms with Gasteiger partial charge < -0.3 is 5.32 Å². The molecule has 0 spiro atoms. The first-order chi connectivity index (χ1) is 8.06. The molecule has 1 aliphatic carbocycles. The van der Waals surface area contributed by atoms with Crippen LogP contribution in [0.3, 0.4) is 0 Å². The zero-order valence-corrected chi connectivity index (χ0v) is 11.6. The summed E-state index contributed by atoms with van der Waals surface area (Å²) in [6.07, 6.45) is 4.14. The Morgan fingerprint density at radius 2 is 2.00 bits per heavy atom. The minimum Gasteiger partial charge on any atom is -0.310 e. The Hall–Kier alpha value is -0.820. The summed E-state index contributed by atoms with van der Waals surface area (Å²) in [4.78, 5) is 0. The third-order valence-corrected chi connectivity index (χ3v) is 4.38. The molecule has 1 aromatic rings. The van der Waals surface area contributed by atoms with E-state index in [4.69, 9.17) is 0 Å². The molecular formula is C16H25N. The van der Waals surface area contributed by atoms with Crippen LogP contribution >= 0.6 is 0 Å². The molecule has 94 valence electrons. The maximum Gasteiger partial charge on any atom is 0.0294 e. The van der Waals surface area contributed by atoms with Gasteiger partial charge in [-0.25, -0.2) is 0 Å². The second-order valence-electron chi connectivity index (χ2n) is 5.82. The molecule has 0 saturated heterocycles. The smallest absolute Gasteiger partial charge is 0.0294 e. The van der Waals surface area contributed by atoms with Crippen molar-refractivity contribution in [2.75, 3.05) is 6.54 Å². The van der Waals surface area contributed by atoms with Crippen LogP contribution < -0.4 is 5.32 Å². The van der Waals surface area contributed by atoms with E-state index < -0.39 is 0 Å². The lowest BCUT2D eigenvalue weighted by Gasteiger charge is -2.21. The molecule has 0 aromatic heterocycles. The summed E-state index contributed by atoms with van der Waals surface area (Å²) in [5.74, 6) is 0. The number of aryl methyl sites for hydroxylation is 2. The third-order valence-electron chi connectivity index (χ3n) is 4.38. The van der Waals surface area contributed by atoms with Gasteiger partial charge in [0, 0.05) is 12.6 Å². The Morgan fingerprint density at radius 3 is 2.53 bits per heavy atom. The Bertz CT molecular complexity index is 391. The van der Waals surface area contributed by atoms with Crippen LogP contribution in [0.5, 0.6) is 0 Å². The van der Waals surface area contributed by atoms with Crippen molar-refractivity contribution in [2.45, 2.75) is 53.0 Å². The number of hydrogen-bond acceptors (Lipinski definition) is 1. The predicted molar refractivity (Wildman–Crippen MR) is 74.3 cm³/mol. The average Bonchev–Trinajstić information content (AvgIpc) is 3.07. The van der Waals surface area contributed by atoms with Crippen molar-refractivity contribution in [1.82, 2.24) is 5.32 Å². The van der Waals surface area contributed by atoms with Crippen LogP contribution in [0.1, 0.15) is 55.8 Å². The zero-order chi connectivity index (χ0) is 12.5. The largest absolute Gasteiger partial charge is 0.310 e. The Balaban J connectivity index is 1.97. The Morgan fingerprint density at radius 1 is 1.29 bits per heavy atom. The molecule has 1 aromatic carbocycles. The molecule has 1 unspecified atom stereocenters. The molecule has 0 aliphatic heterocycles. The highest BCUT2D eigenvalue weighted by atomic mass is 14.9. The number of benzene rings is 1. The van der Waals surface area contributed by atoms with Gasteiger partial charge in [-0.15, -0.1) is 0 Å². The van der Waals surface area contributed by atoms with E-state index in [9.17, 15) is 0 Å². The second-order valence-corrected chi connectivity index (χ2v) is 5.82. The van der Waals surface area contributed by atoms with Crippen molar-refractivity contribution in [1.29, 1.82) is 0 Å². The molecule has 0 amide bonds. The molecule has 1 N–H and O–H groups in total. The average molecular weight is 231 g/mol. The summed E-state index contributed by atoms with van der Waals surface area (Å²) in [5, 5.41) is 3.71. The molecule has 1 saturated carbocycles. The van der Waals surface area contributed by atoms with Crippen LogP contribution in [-0.2, 0) is 0 Å². The van der Waals surface area contributed by atoms with Crippen molar-refractivity contribution in [3.05, 3.63) is 34.9 Å². The van der Waals surface area contributed by atoms with Gasteiger partial charge >= 0.3 is 0 Å². The van der Waals surface area contributed by atoms with E-state index >= 15 is 0 Å². The van der Waals surface area contributed by atoms with E-state index in [1.165, 1.54) is 42.5 Å². The monoisotopic (exact) mass is 231 g/mol. The SMILES string of the molecule is CCC1(CNC(C)c2ccc(C)cc2C)CC1. The number of nitrogens with one attached hydrogen (secondary N) is 1. The van der Waals surface area contributed by atoms with Crippen LogP contribution in [0.4, 0.5) is 0 Å². The molecule has 0 bridgehead atoms. The normalized spacial score (nSPS) is 19.1. The van der Waals surface area contributed by atoms with E-state index in [1.54, 1.807) is 0 Å². The number of rotatable bonds is 5. The molecule has 0 heterocycles. The summed E-state index contributed by atoms with van der Waals surface area (Å²) < 4.78 is 0. The summed E-state index contributed by atoms with van der Waals surface area (Å²) in [6.45, 7) is 10.1. The molecule has 1 aliphatic rings. The second kappa shape index (κ2) is 4.81. The highest BCUT2D eigenvalue weighted by Crippen LogP contribution is 2.48. The molecule has 1 nitrogen and oxygen atoms in total. The quantitative estimate of drug-likeness (QED) is 0.803. The van der Waals surface area contributed by atoms with Gasteiger partial charge in [-0.3, -0.25) is 0 Å². The van der Waals surface area contributed by atoms with Crippen LogP contribution in [0, 0.1) is 19.3 Å². The topological polar surface area (TPSA) is 12.0 Å². The van der Waals surface area contributed by atoms with Gasteiger partial charge in [0.15, 0.2) is 0 Å². The van der Waals surface area contributed by atoms with Gasteiger partial charge in [-0.05, 0) is 56.6 Å². The zero-order valence-electron chi connectivity index (χ0n) is 11.6. The molecule has 2 rings (SSSR count). The molecule has 1 atom stereocenters. The number of hydrogen-bond donors (Lipinski definition) is 1. The van der Waals surface area contributed by atoms with Gasteiger partial charge in [0.25, 0.3) is 0 Å². The summed E-state index contributed by atoms with van der Waals surface area (Å²) in [5.41, 5.74) is 4.84. The first kappa shape index (κ1) is 12.6. The minimum absolute atomic E-state index is 0.472. The molecule has 17 heavy (non-hydrogen) atoms. The lowest BCUT2D eigenvalue weighted by Crippen LogP contribution is -2.26. The fourth-order valence-corrected chi connectivity index (χ4v) is 2.62. The Labute approximate surface area is 106 Å². The molecular weight excluding hydrogens is 206 g/mol. The van der Waals surface area contributed by atoms with Crippen LogP contribution in [0.15, 0.2) is 18.2 Å². The van der Waals surface area contributed by atoms with Crippen molar-refractivity contribution in [2.24, 2.45) is 5.41 Å². The van der Waals surface area contributed by atoms with Gasteiger partial charge in [0.05, 0.1) is 0 Å². The summed E-state index contributed by atoms with van der Waals surface area (Å²) in [6, 6.07) is 7.24. The van der Waals surface area contributed by atoms with Crippen LogP contribution in [0.25, 0.3) is 0 Å². The lowest BCUT2D eigenvalue weighted by molar-refractivity contribution is 0.414. The van der Waals surface area contributed by atoms with Crippen LogP contribution in [-0.4, -0.2) is 6.54 Å². The van der Waals surface area contributed by atoms with E-state index in [0.29, 0.717) is 11.5 Å². The standard InChI is InChI=1S/C16H25N/c1-5-16(8-9-16)11-17-14(4)15-7-6-12(2)10-13(15)3/h6-7,10,14,17H,5,8-9,11H2,1-4H3. The van der Waals surface area contributed by atoms with Gasteiger partial charge in [0.1, 0.15) is 0 Å². The molecule has 1 fully saturated rings. The van der Waals surface area contributed by atoms with E-state index in [1.807, 2.05) is 0 Å². The maximum atomic E-state index is 3.71. The Kier molecular flexibility index (Phi) is 3.58. The highest BCUT2D eigenvalue weighted by Gasteiger charge is 2.40. The maximum absolute atomic E-state index is 3.71. The fourth-order valence-electron chi connectivity index (χ4n) is 2.62. The fraction of sp³-hybridized carbons (Fsp3) is 0.625. The van der Waals surface area contributed by atoms with E-state index in [-0.39, 0.29) is 0 Å². The first-order valence-electron chi connectivity index (χ1n) is 6.87. The highest BCUT2D eigenvalue weighted by molar-refractivity contribution is 5.32. The van der Waals surface area contributed by atoms with Crippen molar-refractivity contribution in [3.8, 4) is 0 Å². The molecule has 0 radical (unpaired) electrons. The van der Waals surface area contributed by atoms with Crippen LogP contribution in [0.2, 0.25) is 0 Å². The van der Waals surface area contributed by atoms with Crippen molar-refractivity contribution >= 4 is 0 Å². The van der Waals surface area contributed by atoms with E-state index in [0.717, 1.165) is 0 Å². The minimum atomic E-state index is 0.472. The van der Waals surface area contributed by atoms with Crippen molar-refractivity contribution < 1.29 is 0 Å². The van der Waals surface area contributed by atoms with Gasteiger partial charge in [-0.1, -0.05) is 30.7 Å². The third kappa shape index (κ3) is 2.90. The summed E-state index contributed by atoms with van der Waals surface area (Å²) in [7, 11) is 0. The van der Waals surface area contributed by atoms with Gasteiger partial charge in [0.2, 0.25) is 0 Å². The molecule has 1 heteroatoms. The predicted octanol–water partition coefficient (Wildman–Crippen LogP) is 4.14. The first-order valence-corrected chi connectivity index (χ1v) is 6.87. The summed E-state index contributed by atoms with van der Waals surface area (Å²) >= 11 is 0. The van der Waals surface area contributed by atoms with Gasteiger partial charge in [-0.2, -0.15) is 0 Å². The lowest BCUT2D eigenvalue weighted by atomic mass is 9.98. The van der Waals surface area contributed by atoms with Crippen molar-refractivity contribution in [3.63, 3.8) is 0 Å².